The van der Waals surface area contributed by atoms with Crippen molar-refractivity contribution < 1.29 is 4.79 Å². The molecule has 1 N–H and O–H groups in total. The molecule has 6 nitrogen and oxygen atoms in total. The number of pyridine rings is 1. The van der Waals surface area contributed by atoms with Crippen molar-refractivity contribution in [2.75, 3.05) is 18.4 Å². The minimum atomic E-state index is -0.00149. The van der Waals surface area contributed by atoms with Crippen LogP contribution in [-0.4, -0.2) is 44.5 Å². The maximum atomic E-state index is 12.5. The number of nitrogens with zero attached hydrogens (tertiary/aromatic N) is 4. The molecule has 140 valence electrons. The van der Waals surface area contributed by atoms with Crippen LogP contribution in [0.5, 0.6) is 0 Å². The van der Waals surface area contributed by atoms with E-state index in [9.17, 15) is 4.79 Å². The third-order valence-electron chi connectivity index (χ3n) is 5.39. The van der Waals surface area contributed by atoms with Crippen LogP contribution in [0.25, 0.3) is 22.0 Å². The second-order valence-corrected chi connectivity index (χ2v) is 7.38. The van der Waals surface area contributed by atoms with Crippen LogP contribution in [0, 0.1) is 0 Å². The van der Waals surface area contributed by atoms with Gasteiger partial charge in [0.1, 0.15) is 5.82 Å². The topological polar surface area (TPSA) is 63.1 Å². The molecule has 1 aliphatic heterocycles. The molecule has 1 saturated heterocycles. The fourth-order valence-corrected chi connectivity index (χ4v) is 3.76. The Bertz CT molecular complexity index is 964. The second-order valence-electron chi connectivity index (χ2n) is 7.38. The molecule has 6 heteroatoms. The molecular weight excluding hydrogens is 338 g/mol. The quantitative estimate of drug-likeness (QED) is 0.771. The number of aromatic nitrogens is 3. The Morgan fingerprint density at radius 2 is 2.11 bits per heavy atom. The summed E-state index contributed by atoms with van der Waals surface area (Å²) in [5.41, 5.74) is 2.14. The first kappa shape index (κ1) is 17.7. The average molecular weight is 363 g/mol. The van der Waals surface area contributed by atoms with E-state index in [-0.39, 0.29) is 5.91 Å². The molecule has 1 unspecified atom stereocenters. The van der Waals surface area contributed by atoms with E-state index in [4.69, 9.17) is 0 Å². The van der Waals surface area contributed by atoms with Gasteiger partial charge < -0.3 is 9.88 Å². The number of carbonyl (C=O) groups excluding carboxylic acids is 1. The van der Waals surface area contributed by atoms with Crippen molar-refractivity contribution in [1.29, 1.82) is 0 Å². The summed E-state index contributed by atoms with van der Waals surface area (Å²) >= 11 is 0. The first-order valence-electron chi connectivity index (χ1n) is 9.50. The molecule has 1 atom stereocenters. The zero-order chi connectivity index (χ0) is 18.8. The molecule has 0 spiro atoms. The van der Waals surface area contributed by atoms with Gasteiger partial charge in [0.25, 0.3) is 0 Å². The van der Waals surface area contributed by atoms with Crippen molar-refractivity contribution in [3.05, 3.63) is 43.0 Å². The Hall–Kier alpha value is -2.73. The minimum absolute atomic E-state index is 0.00149. The van der Waals surface area contributed by atoms with Crippen LogP contribution in [0.2, 0.25) is 0 Å². The van der Waals surface area contributed by atoms with Gasteiger partial charge in [-0.1, -0.05) is 18.6 Å². The lowest BCUT2D eigenvalue weighted by atomic mass is 10.0. The molecule has 1 aliphatic rings. The number of piperidine rings is 1. The van der Waals surface area contributed by atoms with Crippen molar-refractivity contribution >= 4 is 22.5 Å². The van der Waals surface area contributed by atoms with Crippen LogP contribution < -0.4 is 5.32 Å². The van der Waals surface area contributed by atoms with Gasteiger partial charge >= 0.3 is 0 Å². The highest BCUT2D eigenvalue weighted by Gasteiger charge is 2.20. The maximum Gasteiger partial charge on any atom is 0.239 e. The van der Waals surface area contributed by atoms with E-state index in [0.717, 1.165) is 35.0 Å². The van der Waals surface area contributed by atoms with Gasteiger partial charge in [0.05, 0.1) is 24.8 Å². The van der Waals surface area contributed by atoms with Gasteiger partial charge in [0, 0.05) is 30.2 Å². The number of rotatable bonds is 4. The number of imidazole rings is 1. The fourth-order valence-electron chi connectivity index (χ4n) is 3.76. The molecule has 3 aromatic rings. The molecule has 3 heterocycles. The normalized spacial score (nSPS) is 17.9. The number of fused-ring (bicyclic) bond motifs is 1. The summed E-state index contributed by atoms with van der Waals surface area (Å²) < 4.78 is 1.99. The molecule has 1 fully saturated rings. The number of hydrogen-bond donors (Lipinski definition) is 1. The Labute approximate surface area is 159 Å². The van der Waals surface area contributed by atoms with Crippen LogP contribution >= 0.6 is 0 Å². The van der Waals surface area contributed by atoms with Crippen molar-refractivity contribution in [3.8, 4) is 11.3 Å². The molecule has 0 saturated carbocycles. The Balaban J connectivity index is 1.52. The van der Waals surface area contributed by atoms with Crippen molar-refractivity contribution in [1.82, 2.24) is 19.4 Å². The zero-order valence-electron chi connectivity index (χ0n) is 15.9. The number of hydrogen-bond acceptors (Lipinski definition) is 4. The lowest BCUT2D eigenvalue weighted by Gasteiger charge is -2.32. The predicted molar refractivity (Wildman–Crippen MR) is 107 cm³/mol. The first-order chi connectivity index (χ1) is 13.1. The Morgan fingerprint density at radius 3 is 2.89 bits per heavy atom. The summed E-state index contributed by atoms with van der Waals surface area (Å²) in [7, 11) is 1.98. The van der Waals surface area contributed by atoms with Gasteiger partial charge in [0.2, 0.25) is 5.91 Å². The van der Waals surface area contributed by atoms with Crippen LogP contribution in [0.4, 0.5) is 5.82 Å². The van der Waals surface area contributed by atoms with Crippen LogP contribution in [-0.2, 0) is 11.8 Å². The number of aryl methyl sites for hydroxylation is 1. The summed E-state index contributed by atoms with van der Waals surface area (Å²) in [6.07, 6.45) is 9.04. The molecule has 1 amide bonds. The highest BCUT2D eigenvalue weighted by Crippen LogP contribution is 2.25. The van der Waals surface area contributed by atoms with E-state index in [1.807, 2.05) is 36.1 Å². The number of amides is 1. The van der Waals surface area contributed by atoms with E-state index < -0.39 is 0 Å². The first-order valence-corrected chi connectivity index (χ1v) is 9.50. The summed E-state index contributed by atoms with van der Waals surface area (Å²) in [4.78, 5) is 23.3. The van der Waals surface area contributed by atoms with Gasteiger partial charge in [-0.05, 0) is 43.8 Å². The van der Waals surface area contributed by atoms with Crippen LogP contribution in [0.15, 0.2) is 43.0 Å². The minimum Gasteiger partial charge on any atom is -0.334 e. The van der Waals surface area contributed by atoms with Gasteiger partial charge in [0.15, 0.2) is 0 Å². The molecule has 27 heavy (non-hydrogen) atoms. The molecule has 0 bridgehead atoms. The lowest BCUT2D eigenvalue weighted by molar-refractivity contribution is -0.118. The molecular formula is C21H25N5O. The van der Waals surface area contributed by atoms with E-state index in [1.54, 1.807) is 6.33 Å². The van der Waals surface area contributed by atoms with Crippen molar-refractivity contribution in [2.24, 2.45) is 7.05 Å². The maximum absolute atomic E-state index is 12.5. The van der Waals surface area contributed by atoms with E-state index >= 15 is 0 Å². The summed E-state index contributed by atoms with van der Waals surface area (Å²) in [5, 5.41) is 5.05. The molecule has 1 aromatic carbocycles. The van der Waals surface area contributed by atoms with E-state index in [1.165, 1.54) is 12.8 Å². The predicted octanol–water partition coefficient (Wildman–Crippen LogP) is 3.45. The smallest absolute Gasteiger partial charge is 0.239 e. The summed E-state index contributed by atoms with van der Waals surface area (Å²) in [6, 6.07) is 8.63. The lowest BCUT2D eigenvalue weighted by Crippen LogP contribution is -2.42. The SMILES string of the molecule is CC1CCCCN1CC(=O)Nc1cc2cc(-c3cncn3C)ccc2cn1. The number of benzene rings is 1. The molecule has 4 rings (SSSR count). The van der Waals surface area contributed by atoms with Crippen LogP contribution in [0.1, 0.15) is 26.2 Å². The summed E-state index contributed by atoms with van der Waals surface area (Å²) in [5.74, 6) is 0.595. The monoisotopic (exact) mass is 363 g/mol. The molecule has 0 aliphatic carbocycles. The average Bonchev–Trinajstić information content (AvgIpc) is 3.09. The number of carbonyl (C=O) groups is 1. The number of likely N-dealkylation sites (tertiary alicyclic amines) is 1. The third-order valence-corrected chi connectivity index (χ3v) is 5.39. The second kappa shape index (κ2) is 7.48. The number of nitrogens with one attached hydrogen (secondary N) is 1. The van der Waals surface area contributed by atoms with Crippen LogP contribution in [0.3, 0.4) is 0 Å². The highest BCUT2D eigenvalue weighted by molar-refractivity contribution is 5.94. The molecule has 2 aromatic heterocycles. The van der Waals surface area contributed by atoms with Gasteiger partial charge in [-0.2, -0.15) is 0 Å². The van der Waals surface area contributed by atoms with E-state index in [2.05, 4.69) is 39.2 Å². The Morgan fingerprint density at radius 1 is 1.22 bits per heavy atom. The fraction of sp³-hybridized carbons (Fsp3) is 0.381. The van der Waals surface area contributed by atoms with Gasteiger partial charge in [-0.3, -0.25) is 9.69 Å². The van der Waals surface area contributed by atoms with Gasteiger partial charge in [-0.25, -0.2) is 9.97 Å². The van der Waals surface area contributed by atoms with Crippen molar-refractivity contribution in [2.45, 2.75) is 32.2 Å². The summed E-state index contributed by atoms with van der Waals surface area (Å²) in [6.45, 7) is 3.62. The van der Waals surface area contributed by atoms with Gasteiger partial charge in [-0.15, -0.1) is 0 Å². The highest BCUT2D eigenvalue weighted by atomic mass is 16.2. The van der Waals surface area contributed by atoms with E-state index in [0.29, 0.717) is 18.4 Å². The van der Waals surface area contributed by atoms with Crippen molar-refractivity contribution in [3.63, 3.8) is 0 Å². The third kappa shape index (κ3) is 3.85. The number of anilines is 1. The standard InChI is InChI=1S/C21H25N5O/c1-15-5-3-4-8-26(15)13-21(27)24-20-10-18-9-16(6-7-17(18)11-23-20)19-12-22-14-25(19)2/h6-7,9-12,14-15H,3-5,8,13H2,1-2H3,(H,23,24,27). The zero-order valence-corrected chi connectivity index (χ0v) is 15.9. The Kier molecular flexibility index (Phi) is 4.90. The molecule has 0 radical (unpaired) electrons. The largest absolute Gasteiger partial charge is 0.334 e.